The number of aromatic amines is 2. The number of hydrogen-bond donors (Lipinski definition) is 2. The normalized spacial score (nSPS) is 13.2. The van der Waals surface area contributed by atoms with Crippen molar-refractivity contribution in [3.63, 3.8) is 0 Å². The lowest BCUT2D eigenvalue weighted by molar-refractivity contribution is -0.137. The molecule has 0 aliphatic rings. The summed E-state index contributed by atoms with van der Waals surface area (Å²) in [5.41, 5.74) is 1.03. The number of nitrogens with one attached hydrogen (secondary N) is 2. The molecule has 24 heavy (non-hydrogen) atoms. The zero-order valence-corrected chi connectivity index (χ0v) is 13.0. The molecule has 0 bridgehead atoms. The van der Waals surface area contributed by atoms with E-state index in [2.05, 4.69) is 15.1 Å². The highest BCUT2D eigenvalue weighted by atomic mass is 19.4. The molecule has 1 atom stereocenters. The summed E-state index contributed by atoms with van der Waals surface area (Å²) in [5.74, 6) is 0.509. The van der Waals surface area contributed by atoms with Gasteiger partial charge in [0.2, 0.25) is 0 Å². The average Bonchev–Trinajstić information content (AvgIpc) is 2.43. The zero-order chi connectivity index (χ0) is 17.5. The summed E-state index contributed by atoms with van der Waals surface area (Å²) < 4.78 is 39.5. The van der Waals surface area contributed by atoms with Gasteiger partial charge in [-0.05, 0) is 31.5 Å². The van der Waals surface area contributed by atoms with Crippen LogP contribution in [0.4, 0.5) is 13.2 Å². The lowest BCUT2D eigenvalue weighted by Crippen LogP contribution is -2.18. The van der Waals surface area contributed by atoms with Crippen molar-refractivity contribution < 1.29 is 13.2 Å². The summed E-state index contributed by atoms with van der Waals surface area (Å²) in [6.45, 7) is 3.55. The van der Waals surface area contributed by atoms with Crippen molar-refractivity contribution in [2.24, 2.45) is 0 Å². The van der Waals surface area contributed by atoms with Crippen molar-refractivity contribution in [1.82, 2.24) is 19.7 Å². The van der Waals surface area contributed by atoms with Crippen LogP contribution >= 0.6 is 0 Å². The van der Waals surface area contributed by atoms with E-state index in [9.17, 15) is 18.0 Å². The third-order valence-corrected chi connectivity index (χ3v) is 3.79. The second-order valence-electron chi connectivity index (χ2n) is 5.57. The van der Waals surface area contributed by atoms with E-state index >= 15 is 0 Å². The molecule has 0 radical (unpaired) electrons. The molecule has 3 rings (SSSR count). The Morgan fingerprint density at radius 2 is 1.83 bits per heavy atom. The quantitative estimate of drug-likeness (QED) is 0.769. The van der Waals surface area contributed by atoms with Gasteiger partial charge in [0.25, 0.3) is 5.56 Å². The molecule has 0 saturated heterocycles. The largest absolute Gasteiger partial charge is 0.416 e. The Morgan fingerprint density at radius 3 is 2.38 bits per heavy atom. The molecule has 1 aromatic carbocycles. The van der Waals surface area contributed by atoms with Gasteiger partial charge in [0.05, 0.1) is 23.0 Å². The molecule has 5 nitrogen and oxygen atoms in total. The second kappa shape index (κ2) is 5.70. The Balaban J connectivity index is 1.80. The molecule has 1 unspecified atom stereocenters. The lowest BCUT2D eigenvalue weighted by atomic mass is 10.1. The van der Waals surface area contributed by atoms with E-state index in [4.69, 9.17) is 0 Å². The van der Waals surface area contributed by atoms with Crippen LogP contribution in [0.5, 0.6) is 0 Å². The first kappa shape index (κ1) is 16.1. The van der Waals surface area contributed by atoms with Gasteiger partial charge in [-0.3, -0.25) is 14.6 Å². The fourth-order valence-corrected chi connectivity index (χ4v) is 2.43. The topological polar surface area (TPSA) is 66.5 Å². The van der Waals surface area contributed by atoms with Crippen LogP contribution in [0.25, 0.3) is 11.4 Å². The highest BCUT2D eigenvalue weighted by Crippen LogP contribution is 2.30. The first-order valence-corrected chi connectivity index (χ1v) is 7.26. The third kappa shape index (κ3) is 3.12. The highest BCUT2D eigenvalue weighted by molar-refractivity contribution is 5.53. The maximum Gasteiger partial charge on any atom is 0.416 e. The molecule has 0 aliphatic heterocycles. The van der Waals surface area contributed by atoms with Gasteiger partial charge in [0, 0.05) is 12.3 Å². The highest BCUT2D eigenvalue weighted by Gasteiger charge is 2.30. The van der Waals surface area contributed by atoms with Gasteiger partial charge in [-0.1, -0.05) is 12.1 Å². The van der Waals surface area contributed by atoms with Crippen LogP contribution in [0.1, 0.15) is 29.9 Å². The predicted molar refractivity (Wildman–Crippen MR) is 82.6 cm³/mol. The van der Waals surface area contributed by atoms with E-state index in [1.54, 1.807) is 17.8 Å². The maximum absolute atomic E-state index is 12.6. The number of nitrogens with zero attached hydrogens (tertiary/aromatic N) is 2. The molecule has 2 aromatic heterocycles. The van der Waals surface area contributed by atoms with Crippen molar-refractivity contribution in [2.75, 3.05) is 0 Å². The minimum Gasteiger partial charge on any atom is -0.311 e. The van der Waals surface area contributed by atoms with Crippen molar-refractivity contribution in [1.29, 1.82) is 0 Å². The molecule has 0 fully saturated rings. The summed E-state index contributed by atoms with van der Waals surface area (Å²) in [7, 11) is 0. The maximum atomic E-state index is 12.6. The number of rotatable bonds is 3. The van der Waals surface area contributed by atoms with Gasteiger partial charge in [-0.25, -0.2) is 4.98 Å². The Bertz CT molecular complexity index is 891. The monoisotopic (exact) mass is 336 g/mol. The number of benzene rings is 1. The lowest BCUT2D eigenvalue weighted by Gasteiger charge is -2.22. The van der Waals surface area contributed by atoms with E-state index < -0.39 is 11.7 Å². The number of hydrogen-bond acceptors (Lipinski definition) is 2. The fraction of sp³-hybridized carbons (Fsp3) is 0.250. The number of H-pyrrole nitrogens is 2. The molecule has 0 amide bonds. The molecular formula is C16H15F3N4O. The number of halogens is 3. The molecule has 126 valence electrons. The van der Waals surface area contributed by atoms with Crippen LogP contribution in [0.15, 0.2) is 41.3 Å². The van der Waals surface area contributed by atoms with E-state index in [0.29, 0.717) is 17.2 Å². The summed E-state index contributed by atoms with van der Waals surface area (Å²) in [6.07, 6.45) is -2.57. The van der Waals surface area contributed by atoms with E-state index in [1.807, 2.05) is 6.92 Å². The Labute approximate surface area is 135 Å². The van der Waals surface area contributed by atoms with Crippen molar-refractivity contribution in [3.8, 4) is 11.4 Å². The number of aryl methyl sites for hydroxylation is 1. The fourth-order valence-electron chi connectivity index (χ4n) is 2.43. The third-order valence-electron chi connectivity index (χ3n) is 3.79. The first-order valence-electron chi connectivity index (χ1n) is 7.26. The number of alkyl halides is 3. The van der Waals surface area contributed by atoms with Gasteiger partial charge in [0.15, 0.2) is 0 Å². The van der Waals surface area contributed by atoms with Crippen LogP contribution in [-0.2, 0) is 6.18 Å². The van der Waals surface area contributed by atoms with Crippen molar-refractivity contribution in [3.05, 3.63) is 63.8 Å². The standard InChI is InChI=1S/C16H15F3N4O/c1-9(11-3-5-12(6-4-11)16(17,18)19)23-8-14(22-23)13-7-15(24)21-10(2)20-13/h3-9,22H,1-2H3,(H,20,21,24). The van der Waals surface area contributed by atoms with Crippen LogP contribution in [0.2, 0.25) is 0 Å². The summed E-state index contributed by atoms with van der Waals surface area (Å²) in [5, 5.41) is 3.05. The van der Waals surface area contributed by atoms with Gasteiger partial charge in [-0.15, -0.1) is 0 Å². The van der Waals surface area contributed by atoms with Gasteiger partial charge in [0.1, 0.15) is 5.82 Å². The molecule has 0 spiro atoms. The van der Waals surface area contributed by atoms with Crippen LogP contribution < -0.4 is 5.56 Å². The minimum atomic E-state index is -4.34. The number of aromatic nitrogens is 4. The predicted octanol–water partition coefficient (Wildman–Crippen LogP) is 3.50. The van der Waals surface area contributed by atoms with Crippen molar-refractivity contribution >= 4 is 0 Å². The molecule has 2 heterocycles. The van der Waals surface area contributed by atoms with Gasteiger partial charge >= 0.3 is 6.18 Å². The molecule has 3 aromatic rings. The SMILES string of the molecule is Cc1nc(-c2cn(C(C)c3ccc(C(F)(F)F)cc3)[nH]2)cc(=O)[nH]1. The summed E-state index contributed by atoms with van der Waals surface area (Å²) in [6, 6.07) is 6.26. The van der Waals surface area contributed by atoms with Crippen LogP contribution in [-0.4, -0.2) is 19.7 Å². The Kier molecular flexibility index (Phi) is 3.82. The second-order valence-corrected chi connectivity index (χ2v) is 5.57. The zero-order valence-electron chi connectivity index (χ0n) is 13.0. The molecule has 0 aliphatic carbocycles. The Morgan fingerprint density at radius 1 is 1.21 bits per heavy atom. The minimum absolute atomic E-state index is 0.167. The first-order chi connectivity index (χ1) is 11.2. The summed E-state index contributed by atoms with van der Waals surface area (Å²) >= 11 is 0. The van der Waals surface area contributed by atoms with Gasteiger partial charge in [-0.2, -0.15) is 13.2 Å². The Hall–Kier alpha value is -2.77. The van der Waals surface area contributed by atoms with Crippen LogP contribution in [0, 0.1) is 6.92 Å². The van der Waals surface area contributed by atoms with E-state index in [-0.39, 0.29) is 11.6 Å². The molecule has 0 saturated carbocycles. The molecule has 2 N–H and O–H groups in total. The molecule has 8 heteroatoms. The van der Waals surface area contributed by atoms with E-state index in [0.717, 1.165) is 17.7 Å². The van der Waals surface area contributed by atoms with Gasteiger partial charge < -0.3 is 4.98 Å². The average molecular weight is 336 g/mol. The van der Waals surface area contributed by atoms with Crippen LogP contribution in [0.3, 0.4) is 0 Å². The summed E-state index contributed by atoms with van der Waals surface area (Å²) in [4.78, 5) is 18.2. The molecular weight excluding hydrogens is 321 g/mol. The smallest absolute Gasteiger partial charge is 0.311 e. The van der Waals surface area contributed by atoms with Crippen molar-refractivity contribution in [2.45, 2.75) is 26.1 Å². The van der Waals surface area contributed by atoms with E-state index in [1.165, 1.54) is 18.2 Å².